The van der Waals surface area contributed by atoms with E-state index in [2.05, 4.69) is 4.74 Å². The minimum atomic E-state index is -1.85. The summed E-state index contributed by atoms with van der Waals surface area (Å²) in [5.41, 5.74) is -1.85. The highest BCUT2D eigenvalue weighted by molar-refractivity contribution is 5.99. The van der Waals surface area contributed by atoms with E-state index in [0.717, 1.165) is 0 Å². The average molecular weight is 290 g/mol. The van der Waals surface area contributed by atoms with Crippen molar-refractivity contribution in [2.75, 3.05) is 0 Å². The molecular formula is C13H13F3O4. The van der Waals surface area contributed by atoms with Gasteiger partial charge in [-0.15, -0.1) is 0 Å². The van der Waals surface area contributed by atoms with Crippen LogP contribution in [-0.2, 0) is 9.59 Å². The summed E-state index contributed by atoms with van der Waals surface area (Å²) in [6.45, 7) is 2.92. The Hall–Kier alpha value is -2.05. The molecule has 0 aliphatic carbocycles. The first kappa shape index (κ1) is 16.0. The van der Waals surface area contributed by atoms with E-state index in [0.29, 0.717) is 6.07 Å². The molecule has 110 valence electrons. The maximum atomic E-state index is 13.4. The summed E-state index contributed by atoms with van der Waals surface area (Å²) in [5, 5.41) is 9.11. The Morgan fingerprint density at radius 3 is 2.05 bits per heavy atom. The molecule has 0 saturated carbocycles. The van der Waals surface area contributed by atoms with Gasteiger partial charge in [-0.2, -0.15) is 0 Å². The lowest BCUT2D eigenvalue weighted by Crippen LogP contribution is -2.41. The van der Waals surface area contributed by atoms with Crippen molar-refractivity contribution in [2.45, 2.75) is 26.7 Å². The largest absolute Gasteiger partial charge is 0.480 e. The number of hydrogen-bond acceptors (Lipinski definition) is 3. The summed E-state index contributed by atoms with van der Waals surface area (Å²) in [5.74, 6) is -7.61. The Labute approximate surface area is 113 Å². The minimum Gasteiger partial charge on any atom is -0.480 e. The fraction of sp³-hybridized carbons (Fsp3) is 0.385. The molecule has 1 N–H and O–H groups in total. The third kappa shape index (κ3) is 2.76. The number of aliphatic carboxylic acids is 1. The first-order chi connectivity index (χ1) is 9.28. The van der Waals surface area contributed by atoms with Crippen LogP contribution >= 0.6 is 0 Å². The molecule has 0 aromatic heterocycles. The average Bonchev–Trinajstić information content (AvgIpc) is 2.37. The van der Waals surface area contributed by atoms with Gasteiger partial charge >= 0.3 is 11.9 Å². The molecule has 0 radical (unpaired) electrons. The second-order valence-corrected chi connectivity index (χ2v) is 4.18. The van der Waals surface area contributed by atoms with Crippen LogP contribution in [0.4, 0.5) is 13.2 Å². The molecule has 0 atom stereocenters. The molecule has 0 spiro atoms. The molecule has 4 nitrogen and oxygen atoms in total. The number of ether oxygens (including phenoxy) is 1. The van der Waals surface area contributed by atoms with E-state index >= 15 is 0 Å². The number of carbonyl (C=O) groups excluding carboxylic acids is 1. The zero-order chi connectivity index (χ0) is 15.5. The number of benzene rings is 1. The fourth-order valence-corrected chi connectivity index (χ4v) is 1.71. The first-order valence-electron chi connectivity index (χ1n) is 5.88. The van der Waals surface area contributed by atoms with Gasteiger partial charge in [0, 0.05) is 12.1 Å². The highest BCUT2D eigenvalue weighted by atomic mass is 19.2. The third-order valence-electron chi connectivity index (χ3n) is 3.18. The predicted molar refractivity (Wildman–Crippen MR) is 62.6 cm³/mol. The summed E-state index contributed by atoms with van der Waals surface area (Å²) >= 11 is 0. The molecule has 1 rings (SSSR count). The van der Waals surface area contributed by atoms with E-state index in [9.17, 15) is 22.8 Å². The van der Waals surface area contributed by atoms with Crippen LogP contribution in [0.25, 0.3) is 0 Å². The molecule has 7 heteroatoms. The monoisotopic (exact) mass is 290 g/mol. The smallest absolute Gasteiger partial charge is 0.328 e. The van der Waals surface area contributed by atoms with Crippen molar-refractivity contribution < 1.29 is 32.6 Å². The summed E-state index contributed by atoms with van der Waals surface area (Å²) in [7, 11) is 0. The van der Waals surface area contributed by atoms with Crippen LogP contribution in [0, 0.1) is 22.9 Å². The van der Waals surface area contributed by atoms with Crippen molar-refractivity contribution in [3.8, 4) is 5.75 Å². The Morgan fingerprint density at radius 1 is 1.10 bits per heavy atom. The van der Waals surface area contributed by atoms with Gasteiger partial charge in [0.05, 0.1) is 0 Å². The highest BCUT2D eigenvalue weighted by Gasteiger charge is 2.45. The number of carbonyl (C=O) groups is 2. The second-order valence-electron chi connectivity index (χ2n) is 4.18. The summed E-state index contributed by atoms with van der Waals surface area (Å²) < 4.78 is 43.7. The van der Waals surface area contributed by atoms with Gasteiger partial charge in [0.2, 0.25) is 0 Å². The Kier molecular flexibility index (Phi) is 4.75. The van der Waals surface area contributed by atoms with E-state index in [1.807, 2.05) is 0 Å². The third-order valence-corrected chi connectivity index (χ3v) is 3.18. The molecule has 0 amide bonds. The van der Waals surface area contributed by atoms with Crippen LogP contribution in [0.1, 0.15) is 26.7 Å². The standard InChI is InChI=1S/C13H13F3O4/c1-3-13(4-2,11(17)18)12(19)20-10-6-8(15)7(14)5-9(10)16/h5-6H,3-4H2,1-2H3,(H,17,18). The lowest BCUT2D eigenvalue weighted by Gasteiger charge is -2.24. The van der Waals surface area contributed by atoms with Crippen molar-refractivity contribution in [2.24, 2.45) is 5.41 Å². The van der Waals surface area contributed by atoms with Crippen LogP contribution in [0.3, 0.4) is 0 Å². The Morgan fingerprint density at radius 2 is 1.60 bits per heavy atom. The van der Waals surface area contributed by atoms with Crippen LogP contribution in [0.5, 0.6) is 5.75 Å². The molecule has 1 aromatic rings. The Balaban J connectivity index is 3.12. The number of rotatable bonds is 5. The summed E-state index contributed by atoms with van der Waals surface area (Å²) in [4.78, 5) is 23.1. The molecule has 0 saturated heterocycles. The molecule has 0 bridgehead atoms. The molecule has 0 heterocycles. The van der Waals surface area contributed by atoms with Crippen molar-refractivity contribution in [1.29, 1.82) is 0 Å². The number of halogens is 3. The van der Waals surface area contributed by atoms with Crippen LogP contribution < -0.4 is 4.74 Å². The summed E-state index contributed by atoms with van der Waals surface area (Å²) in [6, 6.07) is 0.582. The van der Waals surface area contributed by atoms with E-state index in [1.54, 1.807) is 0 Å². The predicted octanol–water partition coefficient (Wildman–Crippen LogP) is 2.90. The molecule has 0 unspecified atom stereocenters. The number of esters is 1. The normalized spacial score (nSPS) is 11.2. The van der Waals surface area contributed by atoms with Gasteiger partial charge in [-0.3, -0.25) is 9.59 Å². The van der Waals surface area contributed by atoms with Crippen LogP contribution in [-0.4, -0.2) is 17.0 Å². The van der Waals surface area contributed by atoms with Gasteiger partial charge in [0.15, 0.2) is 28.6 Å². The molecule has 0 aliphatic rings. The summed E-state index contributed by atoms with van der Waals surface area (Å²) in [6.07, 6.45) is -0.161. The van der Waals surface area contributed by atoms with E-state index in [-0.39, 0.29) is 18.9 Å². The fourth-order valence-electron chi connectivity index (χ4n) is 1.71. The molecule has 0 aliphatic heterocycles. The lowest BCUT2D eigenvalue weighted by atomic mass is 9.82. The van der Waals surface area contributed by atoms with Gasteiger partial charge in [-0.05, 0) is 12.8 Å². The topological polar surface area (TPSA) is 63.6 Å². The van der Waals surface area contributed by atoms with E-state index < -0.39 is 40.6 Å². The molecule has 1 aromatic carbocycles. The highest BCUT2D eigenvalue weighted by Crippen LogP contribution is 2.30. The van der Waals surface area contributed by atoms with Gasteiger partial charge < -0.3 is 9.84 Å². The molecular weight excluding hydrogens is 277 g/mol. The lowest BCUT2D eigenvalue weighted by molar-refractivity contribution is -0.163. The van der Waals surface area contributed by atoms with Crippen molar-refractivity contribution >= 4 is 11.9 Å². The van der Waals surface area contributed by atoms with Gasteiger partial charge in [-0.1, -0.05) is 13.8 Å². The molecule has 0 fully saturated rings. The first-order valence-corrected chi connectivity index (χ1v) is 5.88. The minimum absolute atomic E-state index is 0.0804. The zero-order valence-corrected chi connectivity index (χ0v) is 10.9. The van der Waals surface area contributed by atoms with Crippen LogP contribution in [0.2, 0.25) is 0 Å². The van der Waals surface area contributed by atoms with Crippen LogP contribution in [0.15, 0.2) is 12.1 Å². The van der Waals surface area contributed by atoms with Crippen molar-refractivity contribution in [1.82, 2.24) is 0 Å². The second kappa shape index (κ2) is 5.94. The maximum absolute atomic E-state index is 13.4. The maximum Gasteiger partial charge on any atom is 0.328 e. The Bertz CT molecular complexity index is 539. The van der Waals surface area contributed by atoms with Gasteiger partial charge in [0.1, 0.15) is 0 Å². The van der Waals surface area contributed by atoms with Gasteiger partial charge in [-0.25, -0.2) is 13.2 Å². The number of carboxylic acid groups (broad SMARTS) is 1. The van der Waals surface area contributed by atoms with E-state index in [1.165, 1.54) is 13.8 Å². The molecule has 20 heavy (non-hydrogen) atoms. The van der Waals surface area contributed by atoms with Gasteiger partial charge in [0.25, 0.3) is 0 Å². The van der Waals surface area contributed by atoms with Crippen molar-refractivity contribution in [3.63, 3.8) is 0 Å². The zero-order valence-electron chi connectivity index (χ0n) is 10.9. The van der Waals surface area contributed by atoms with Crippen molar-refractivity contribution in [3.05, 3.63) is 29.6 Å². The number of hydrogen-bond donors (Lipinski definition) is 1. The SMILES string of the molecule is CCC(CC)(C(=O)O)C(=O)Oc1cc(F)c(F)cc1F. The quantitative estimate of drug-likeness (QED) is 0.392. The number of carboxylic acids is 1. The van der Waals surface area contributed by atoms with E-state index in [4.69, 9.17) is 5.11 Å².